The largest absolute Gasteiger partial charge is 0.545 e. The van der Waals surface area contributed by atoms with Gasteiger partial charge in [-0.25, -0.2) is 0 Å². The summed E-state index contributed by atoms with van der Waals surface area (Å²) in [6.07, 6.45) is 2.46. The summed E-state index contributed by atoms with van der Waals surface area (Å²) in [4.78, 5) is 28.0. The van der Waals surface area contributed by atoms with Crippen molar-refractivity contribution in [3.8, 4) is 0 Å². The topological polar surface area (TPSA) is 98.8 Å². The molecule has 4 rings (SSSR count). The van der Waals surface area contributed by atoms with Crippen LogP contribution in [0.2, 0.25) is 0 Å². The van der Waals surface area contributed by atoms with Gasteiger partial charge in [-0.2, -0.15) is 0 Å². The normalized spacial score (nSPS) is 21.9. The highest BCUT2D eigenvalue weighted by Gasteiger charge is 2.43. The Kier molecular flexibility index (Phi) is 6.12. The first kappa shape index (κ1) is 21.8. The number of carbonyl (C=O) groups is 2. The zero-order valence-electron chi connectivity index (χ0n) is 17.9. The van der Waals surface area contributed by atoms with Gasteiger partial charge in [0.2, 0.25) is 0 Å². The highest BCUT2D eigenvalue weighted by Crippen LogP contribution is 2.42. The summed E-state index contributed by atoms with van der Waals surface area (Å²) < 4.78 is 0. The van der Waals surface area contributed by atoms with Crippen molar-refractivity contribution in [3.63, 3.8) is 0 Å². The lowest BCUT2D eigenvalue weighted by atomic mass is 9.83. The quantitative estimate of drug-likeness (QED) is 0.657. The van der Waals surface area contributed by atoms with Gasteiger partial charge in [0.25, 0.3) is 0 Å². The van der Waals surface area contributed by atoms with Crippen LogP contribution in [0, 0.1) is 0 Å². The van der Waals surface area contributed by atoms with Gasteiger partial charge in [-0.1, -0.05) is 55.5 Å². The zero-order valence-corrected chi connectivity index (χ0v) is 17.9. The Morgan fingerprint density at radius 1 is 1.00 bits per heavy atom. The van der Waals surface area contributed by atoms with Crippen molar-refractivity contribution in [3.05, 3.63) is 83.4 Å². The molecule has 0 amide bonds. The Hall–Kier alpha value is -3.42. The number of carbonyl (C=O) groups excluding carboxylic acids is 2. The van der Waals surface area contributed by atoms with Gasteiger partial charge in [0.15, 0.2) is 0 Å². The van der Waals surface area contributed by atoms with Crippen LogP contribution in [0.4, 0.5) is 5.69 Å². The number of anilines is 1. The lowest BCUT2D eigenvalue weighted by Crippen LogP contribution is -2.63. The molecule has 0 aliphatic carbocycles. The third-order valence-corrected chi connectivity index (χ3v) is 6.19. The summed E-state index contributed by atoms with van der Waals surface area (Å²) in [7, 11) is 0. The van der Waals surface area contributed by atoms with Gasteiger partial charge >= 0.3 is 0 Å². The summed E-state index contributed by atoms with van der Waals surface area (Å²) in [5.74, 6) is -3.13. The molecule has 0 aromatic heterocycles. The summed E-state index contributed by atoms with van der Waals surface area (Å²) in [6.45, 7) is 5.56. The van der Waals surface area contributed by atoms with Crippen molar-refractivity contribution in [1.29, 1.82) is 0 Å². The molecule has 0 saturated carbocycles. The molecule has 7 heteroatoms. The minimum Gasteiger partial charge on any atom is -0.545 e. The van der Waals surface area contributed by atoms with Gasteiger partial charge in [-0.3, -0.25) is 4.90 Å². The van der Waals surface area contributed by atoms with Crippen molar-refractivity contribution >= 4 is 23.2 Å². The van der Waals surface area contributed by atoms with Crippen molar-refractivity contribution in [2.75, 3.05) is 38.0 Å². The monoisotopic (exact) mass is 431 g/mol. The summed E-state index contributed by atoms with van der Waals surface area (Å²) >= 11 is 0. The summed E-state index contributed by atoms with van der Waals surface area (Å²) in [5, 5.41) is 27.2. The minimum atomic E-state index is -1.58. The number of fused-ring (bicyclic) bond motifs is 1. The molecule has 7 nitrogen and oxygen atoms in total. The highest BCUT2D eigenvalue weighted by atomic mass is 16.4. The van der Waals surface area contributed by atoms with Crippen LogP contribution in [-0.2, 0) is 9.59 Å². The highest BCUT2D eigenvalue weighted by molar-refractivity contribution is 5.99. The molecule has 32 heavy (non-hydrogen) atoms. The maximum atomic E-state index is 12.3. The van der Waals surface area contributed by atoms with Crippen LogP contribution in [0.25, 0.3) is 5.57 Å². The van der Waals surface area contributed by atoms with Crippen LogP contribution < -0.4 is 15.5 Å². The molecule has 2 aromatic carbocycles. The second-order valence-corrected chi connectivity index (χ2v) is 7.95. The van der Waals surface area contributed by atoms with E-state index >= 15 is 0 Å². The van der Waals surface area contributed by atoms with Crippen LogP contribution in [0.3, 0.4) is 0 Å². The summed E-state index contributed by atoms with van der Waals surface area (Å²) in [6, 6.07) is 17.3. The minimum absolute atomic E-state index is 0.384. The Labute approximate surface area is 187 Å². The number of aliphatic carboxylic acids is 2. The predicted molar refractivity (Wildman–Crippen MR) is 118 cm³/mol. The van der Waals surface area contributed by atoms with Gasteiger partial charge in [0.1, 0.15) is 5.66 Å². The standard InChI is InChI=1S/C25H27N3O4/c1-2-27-12-14-28(15-13-27)25(21(24(31)32)16-23(29)30)17-20(18-8-4-3-5-9-18)19-10-6-7-11-22(19)26-25/h3-11,16-17,26H,2,12-15H2,1H3,(H,29,30)(H,31,32)/p-2. The van der Waals surface area contributed by atoms with Crippen molar-refractivity contribution in [2.24, 2.45) is 0 Å². The van der Waals surface area contributed by atoms with E-state index in [1.807, 2.05) is 65.6 Å². The first-order chi connectivity index (χ1) is 15.4. The molecular formula is C25H25N3O4-2. The molecule has 2 aromatic rings. The molecule has 166 valence electrons. The molecule has 2 aliphatic rings. The molecule has 0 radical (unpaired) electrons. The maximum Gasteiger partial charge on any atom is 0.139 e. The third-order valence-electron chi connectivity index (χ3n) is 6.19. The number of nitrogens with one attached hydrogen (secondary N) is 1. The Balaban J connectivity index is 1.95. The van der Waals surface area contributed by atoms with E-state index in [1.165, 1.54) is 0 Å². The second kappa shape index (κ2) is 8.98. The van der Waals surface area contributed by atoms with Crippen molar-refractivity contribution in [1.82, 2.24) is 9.80 Å². The molecule has 2 heterocycles. The second-order valence-electron chi connectivity index (χ2n) is 7.95. The van der Waals surface area contributed by atoms with Crippen molar-refractivity contribution < 1.29 is 19.8 Å². The summed E-state index contributed by atoms with van der Waals surface area (Å²) in [5.41, 5.74) is 1.57. The van der Waals surface area contributed by atoms with E-state index < -0.39 is 17.6 Å². The number of hydrogen-bond donors (Lipinski definition) is 1. The van der Waals surface area contributed by atoms with E-state index in [-0.39, 0.29) is 5.57 Å². The van der Waals surface area contributed by atoms with Gasteiger partial charge in [0, 0.05) is 43.0 Å². The van der Waals surface area contributed by atoms with Gasteiger partial charge in [-0.15, -0.1) is 0 Å². The van der Waals surface area contributed by atoms with Crippen LogP contribution >= 0.6 is 0 Å². The number of hydrogen-bond acceptors (Lipinski definition) is 7. The number of para-hydroxylation sites is 1. The maximum absolute atomic E-state index is 12.3. The Morgan fingerprint density at radius 2 is 1.66 bits per heavy atom. The van der Waals surface area contributed by atoms with E-state index in [0.717, 1.165) is 42.0 Å². The zero-order chi connectivity index (χ0) is 22.7. The van der Waals surface area contributed by atoms with Crippen LogP contribution in [0.15, 0.2) is 72.3 Å². The Bertz CT molecular complexity index is 1070. The van der Waals surface area contributed by atoms with Crippen LogP contribution in [0.5, 0.6) is 0 Å². The van der Waals surface area contributed by atoms with E-state index in [2.05, 4.69) is 17.1 Å². The fraction of sp³-hybridized carbons (Fsp3) is 0.280. The lowest BCUT2D eigenvalue weighted by molar-refractivity contribution is -0.303. The number of carboxylic acid groups (broad SMARTS) is 2. The number of piperazine rings is 1. The van der Waals surface area contributed by atoms with Gasteiger partial charge < -0.3 is 30.0 Å². The van der Waals surface area contributed by atoms with Crippen LogP contribution in [0.1, 0.15) is 18.1 Å². The molecule has 1 saturated heterocycles. The smallest absolute Gasteiger partial charge is 0.139 e. The van der Waals surface area contributed by atoms with Crippen LogP contribution in [-0.4, -0.2) is 60.1 Å². The molecule has 1 unspecified atom stereocenters. The Morgan fingerprint density at radius 3 is 2.28 bits per heavy atom. The van der Waals surface area contributed by atoms with E-state index in [4.69, 9.17) is 0 Å². The predicted octanol–water partition coefficient (Wildman–Crippen LogP) is 0.304. The molecule has 1 fully saturated rings. The van der Waals surface area contributed by atoms with Crippen molar-refractivity contribution in [2.45, 2.75) is 12.6 Å². The van der Waals surface area contributed by atoms with Gasteiger partial charge in [-0.05, 0) is 35.9 Å². The third kappa shape index (κ3) is 4.04. The number of carboxylic acids is 2. The molecule has 1 N–H and O–H groups in total. The molecular weight excluding hydrogens is 406 g/mol. The SMILES string of the molecule is CCN1CCN(C2(C(=CC(=O)[O-])C(=O)[O-])C=C(c3ccccc3)c3ccccc3N2)CC1. The van der Waals surface area contributed by atoms with E-state index in [9.17, 15) is 19.8 Å². The average Bonchev–Trinajstić information content (AvgIpc) is 2.82. The lowest BCUT2D eigenvalue weighted by Gasteiger charge is -2.50. The molecule has 0 spiro atoms. The molecule has 0 bridgehead atoms. The molecule has 2 aliphatic heterocycles. The van der Waals surface area contributed by atoms with Gasteiger partial charge in [0.05, 0.1) is 11.9 Å². The first-order valence-corrected chi connectivity index (χ1v) is 10.7. The van der Waals surface area contributed by atoms with E-state index in [0.29, 0.717) is 19.2 Å². The fourth-order valence-electron chi connectivity index (χ4n) is 4.56. The molecule has 1 atom stereocenters. The van der Waals surface area contributed by atoms with E-state index in [1.54, 1.807) is 0 Å². The number of benzene rings is 2. The first-order valence-electron chi connectivity index (χ1n) is 10.7. The number of nitrogens with zero attached hydrogens (tertiary/aromatic N) is 2. The fourth-order valence-corrected chi connectivity index (χ4v) is 4.56. The number of likely N-dealkylation sites (N-methyl/N-ethyl adjacent to an activating group) is 1. The number of rotatable bonds is 6. The average molecular weight is 431 g/mol.